The standard InChI is InChI=1S/C11H14F2N2O3S/c1-3-15(4-2)11(16)9-7(12)5-6-8(10(9)13)19(14,17)18/h5-6H,3-4H2,1-2H3,(H2,14,17,18). The van der Waals surface area contributed by atoms with Crippen molar-refractivity contribution in [3.63, 3.8) is 0 Å². The molecule has 0 aliphatic rings. The van der Waals surface area contributed by atoms with E-state index in [0.29, 0.717) is 12.1 Å². The van der Waals surface area contributed by atoms with E-state index in [1.165, 1.54) is 4.90 Å². The highest BCUT2D eigenvalue weighted by atomic mass is 32.2. The predicted octanol–water partition coefficient (Wildman–Crippen LogP) is 1.09. The van der Waals surface area contributed by atoms with Gasteiger partial charge in [-0.2, -0.15) is 0 Å². The first kappa shape index (κ1) is 15.5. The maximum Gasteiger partial charge on any atom is 0.259 e. The van der Waals surface area contributed by atoms with Crippen LogP contribution in [0.4, 0.5) is 8.78 Å². The number of sulfonamides is 1. The van der Waals surface area contributed by atoms with E-state index < -0.39 is 38.0 Å². The number of benzene rings is 1. The van der Waals surface area contributed by atoms with Gasteiger partial charge in [-0.05, 0) is 26.0 Å². The molecule has 1 aromatic carbocycles. The van der Waals surface area contributed by atoms with E-state index in [0.717, 1.165) is 0 Å². The first-order valence-corrected chi connectivity index (χ1v) is 7.08. The zero-order chi connectivity index (χ0) is 14.8. The van der Waals surface area contributed by atoms with Crippen molar-refractivity contribution in [3.8, 4) is 0 Å². The lowest BCUT2D eigenvalue weighted by molar-refractivity contribution is 0.0762. The zero-order valence-electron chi connectivity index (χ0n) is 10.5. The largest absolute Gasteiger partial charge is 0.339 e. The minimum absolute atomic E-state index is 0.244. The average molecular weight is 292 g/mol. The number of carbonyl (C=O) groups excluding carboxylic acids is 1. The van der Waals surface area contributed by atoms with Gasteiger partial charge in [0.15, 0.2) is 5.82 Å². The Kier molecular flexibility index (Phi) is 4.59. The van der Waals surface area contributed by atoms with Crippen LogP contribution in [0.3, 0.4) is 0 Å². The molecule has 0 bridgehead atoms. The van der Waals surface area contributed by atoms with Gasteiger partial charge in [-0.15, -0.1) is 0 Å². The number of hydrogen-bond acceptors (Lipinski definition) is 3. The summed E-state index contributed by atoms with van der Waals surface area (Å²) in [7, 11) is -4.36. The number of rotatable bonds is 4. The van der Waals surface area contributed by atoms with Gasteiger partial charge in [0.1, 0.15) is 16.3 Å². The zero-order valence-corrected chi connectivity index (χ0v) is 11.3. The van der Waals surface area contributed by atoms with Crippen molar-refractivity contribution in [2.45, 2.75) is 18.7 Å². The van der Waals surface area contributed by atoms with Crippen molar-refractivity contribution < 1.29 is 22.0 Å². The summed E-state index contributed by atoms with van der Waals surface area (Å²) in [6.45, 7) is 3.77. The van der Waals surface area contributed by atoms with Gasteiger partial charge in [0.2, 0.25) is 10.0 Å². The quantitative estimate of drug-likeness (QED) is 0.902. The molecule has 5 nitrogen and oxygen atoms in total. The molecule has 1 amide bonds. The van der Waals surface area contributed by atoms with Gasteiger partial charge in [-0.1, -0.05) is 0 Å². The highest BCUT2D eigenvalue weighted by molar-refractivity contribution is 7.89. The number of amides is 1. The van der Waals surface area contributed by atoms with Crippen LogP contribution in [0.2, 0.25) is 0 Å². The van der Waals surface area contributed by atoms with Crippen molar-refractivity contribution >= 4 is 15.9 Å². The molecule has 0 heterocycles. The van der Waals surface area contributed by atoms with Crippen LogP contribution in [-0.2, 0) is 10.0 Å². The third kappa shape index (κ3) is 3.07. The Labute approximate surface area is 110 Å². The summed E-state index contributed by atoms with van der Waals surface area (Å²) in [6.07, 6.45) is 0. The van der Waals surface area contributed by atoms with Crippen LogP contribution in [-0.4, -0.2) is 32.3 Å². The van der Waals surface area contributed by atoms with Gasteiger partial charge in [0.05, 0.1) is 0 Å². The molecule has 0 aromatic heterocycles. The smallest absolute Gasteiger partial charge is 0.259 e. The average Bonchev–Trinajstić information content (AvgIpc) is 2.28. The molecule has 1 rings (SSSR count). The van der Waals surface area contributed by atoms with E-state index in [-0.39, 0.29) is 13.1 Å². The summed E-state index contributed by atoms with van der Waals surface area (Å²) in [4.78, 5) is 12.2. The van der Waals surface area contributed by atoms with Crippen LogP contribution < -0.4 is 5.14 Å². The minimum atomic E-state index is -4.36. The second-order valence-electron chi connectivity index (χ2n) is 3.76. The summed E-state index contributed by atoms with van der Waals surface area (Å²) in [5, 5.41) is 4.80. The van der Waals surface area contributed by atoms with Crippen LogP contribution in [0, 0.1) is 11.6 Å². The number of nitrogens with zero attached hydrogens (tertiary/aromatic N) is 1. The Balaban J connectivity index is 3.48. The van der Waals surface area contributed by atoms with E-state index in [1.54, 1.807) is 13.8 Å². The lowest BCUT2D eigenvalue weighted by Gasteiger charge is -2.19. The van der Waals surface area contributed by atoms with Crippen LogP contribution >= 0.6 is 0 Å². The van der Waals surface area contributed by atoms with Crippen molar-refractivity contribution in [3.05, 3.63) is 29.3 Å². The molecular weight excluding hydrogens is 278 g/mol. The third-order valence-electron chi connectivity index (χ3n) is 2.63. The fourth-order valence-electron chi connectivity index (χ4n) is 1.62. The van der Waals surface area contributed by atoms with Gasteiger partial charge < -0.3 is 4.90 Å². The predicted molar refractivity (Wildman–Crippen MR) is 65.0 cm³/mol. The number of hydrogen-bond donors (Lipinski definition) is 1. The highest BCUT2D eigenvalue weighted by Gasteiger charge is 2.27. The van der Waals surface area contributed by atoms with Gasteiger partial charge in [-0.25, -0.2) is 22.3 Å². The molecule has 2 N–H and O–H groups in total. The SMILES string of the molecule is CCN(CC)C(=O)c1c(F)ccc(S(N)(=O)=O)c1F. The van der Waals surface area contributed by atoms with E-state index in [9.17, 15) is 22.0 Å². The topological polar surface area (TPSA) is 80.5 Å². The summed E-state index contributed by atoms with van der Waals surface area (Å²) < 4.78 is 49.8. The summed E-state index contributed by atoms with van der Waals surface area (Å²) in [6, 6.07) is 1.40. The van der Waals surface area contributed by atoms with Crippen LogP contribution in [0.5, 0.6) is 0 Å². The second kappa shape index (κ2) is 5.62. The summed E-state index contributed by atoms with van der Waals surface area (Å²) >= 11 is 0. The van der Waals surface area contributed by atoms with Gasteiger partial charge in [-0.3, -0.25) is 4.79 Å². The number of halogens is 2. The fraction of sp³-hybridized carbons (Fsp3) is 0.364. The minimum Gasteiger partial charge on any atom is -0.339 e. The molecule has 1 aromatic rings. The Morgan fingerprint density at radius 1 is 1.26 bits per heavy atom. The molecule has 0 saturated heterocycles. The lowest BCUT2D eigenvalue weighted by atomic mass is 10.1. The van der Waals surface area contributed by atoms with Gasteiger partial charge in [0, 0.05) is 13.1 Å². The summed E-state index contributed by atoms with van der Waals surface area (Å²) in [5.41, 5.74) is -0.907. The van der Waals surface area contributed by atoms with E-state index >= 15 is 0 Å². The molecule has 0 fully saturated rings. The Morgan fingerprint density at radius 2 is 1.79 bits per heavy atom. The van der Waals surface area contributed by atoms with Crippen LogP contribution in [0.15, 0.2) is 17.0 Å². The Bertz CT molecular complexity index is 598. The maximum atomic E-state index is 14.0. The Morgan fingerprint density at radius 3 is 2.21 bits per heavy atom. The number of carbonyl (C=O) groups is 1. The monoisotopic (exact) mass is 292 g/mol. The summed E-state index contributed by atoms with van der Waals surface area (Å²) in [5.74, 6) is -3.49. The molecule has 0 spiro atoms. The van der Waals surface area contributed by atoms with E-state index in [1.807, 2.05) is 0 Å². The third-order valence-corrected chi connectivity index (χ3v) is 3.56. The number of primary sulfonamides is 1. The molecular formula is C11H14F2N2O3S. The van der Waals surface area contributed by atoms with Gasteiger partial charge >= 0.3 is 0 Å². The second-order valence-corrected chi connectivity index (χ2v) is 5.29. The van der Waals surface area contributed by atoms with Crippen molar-refractivity contribution in [1.82, 2.24) is 4.90 Å². The molecule has 0 aliphatic heterocycles. The van der Waals surface area contributed by atoms with Crippen molar-refractivity contribution in [1.29, 1.82) is 0 Å². The van der Waals surface area contributed by atoms with Crippen LogP contribution in [0.1, 0.15) is 24.2 Å². The first-order chi connectivity index (χ1) is 8.73. The maximum absolute atomic E-state index is 14.0. The molecule has 0 saturated carbocycles. The highest BCUT2D eigenvalue weighted by Crippen LogP contribution is 2.21. The fourth-order valence-corrected chi connectivity index (χ4v) is 2.23. The van der Waals surface area contributed by atoms with Crippen molar-refractivity contribution in [2.24, 2.45) is 5.14 Å². The number of nitrogens with two attached hydrogens (primary N) is 1. The van der Waals surface area contributed by atoms with Crippen LogP contribution in [0.25, 0.3) is 0 Å². The Hall–Kier alpha value is -1.54. The normalized spacial score (nSPS) is 11.4. The van der Waals surface area contributed by atoms with Gasteiger partial charge in [0.25, 0.3) is 5.91 Å². The molecule has 19 heavy (non-hydrogen) atoms. The molecule has 0 aliphatic carbocycles. The van der Waals surface area contributed by atoms with E-state index in [4.69, 9.17) is 5.14 Å². The molecule has 106 valence electrons. The first-order valence-electron chi connectivity index (χ1n) is 5.54. The molecule has 0 atom stereocenters. The van der Waals surface area contributed by atoms with Crippen molar-refractivity contribution in [2.75, 3.05) is 13.1 Å². The molecule has 8 heteroatoms. The van der Waals surface area contributed by atoms with E-state index in [2.05, 4.69) is 0 Å². The lowest BCUT2D eigenvalue weighted by Crippen LogP contribution is -2.32. The molecule has 0 unspecified atom stereocenters. The molecule has 0 radical (unpaired) electrons.